The Morgan fingerprint density at radius 2 is 2.31 bits per heavy atom. The predicted molar refractivity (Wildman–Crippen MR) is 57.4 cm³/mol. The molecule has 0 aromatic carbocycles. The van der Waals surface area contributed by atoms with Crippen LogP contribution in [-0.2, 0) is 11.2 Å². The second kappa shape index (κ2) is 4.14. The summed E-state index contributed by atoms with van der Waals surface area (Å²) in [7, 11) is 0. The van der Waals surface area contributed by atoms with Crippen molar-refractivity contribution in [3.8, 4) is 5.82 Å². The second-order valence-electron chi connectivity index (χ2n) is 3.53. The molecule has 0 bridgehead atoms. The number of nitrogens with zero attached hydrogens (tertiary/aromatic N) is 3. The van der Waals surface area contributed by atoms with Gasteiger partial charge in [-0.1, -0.05) is 0 Å². The molecule has 0 saturated carbocycles. The summed E-state index contributed by atoms with van der Waals surface area (Å²) in [6.07, 6.45) is 4.89. The number of carboxylic acid groups (broad SMARTS) is 1. The number of aromatic nitrogens is 3. The van der Waals surface area contributed by atoms with Crippen molar-refractivity contribution in [1.82, 2.24) is 14.5 Å². The van der Waals surface area contributed by atoms with E-state index in [1.165, 1.54) is 0 Å². The van der Waals surface area contributed by atoms with Gasteiger partial charge in [0.1, 0.15) is 12.1 Å². The Bertz CT molecular complexity index is 519. The number of rotatable bonds is 3. The van der Waals surface area contributed by atoms with Gasteiger partial charge < -0.3 is 5.11 Å². The number of aliphatic carboxylic acids is 1. The van der Waals surface area contributed by atoms with Crippen LogP contribution in [0.4, 0.5) is 0 Å². The number of hydrogen-bond acceptors (Lipinski definition) is 3. The number of pyridine rings is 1. The fraction of sp³-hybridized carbons (Fsp3) is 0.182. The molecular formula is C11H11N3O2. The fourth-order valence-corrected chi connectivity index (χ4v) is 1.40. The molecule has 0 spiro atoms. The van der Waals surface area contributed by atoms with Crippen LogP contribution >= 0.6 is 0 Å². The van der Waals surface area contributed by atoms with Crippen molar-refractivity contribution >= 4 is 5.97 Å². The van der Waals surface area contributed by atoms with E-state index >= 15 is 0 Å². The molecule has 5 nitrogen and oxygen atoms in total. The first kappa shape index (κ1) is 10.4. The van der Waals surface area contributed by atoms with Gasteiger partial charge in [0.05, 0.1) is 12.1 Å². The monoisotopic (exact) mass is 217 g/mol. The molecule has 2 aromatic rings. The Balaban J connectivity index is 2.28. The molecule has 0 aliphatic heterocycles. The molecule has 0 amide bonds. The zero-order valence-corrected chi connectivity index (χ0v) is 8.79. The molecule has 0 atom stereocenters. The lowest BCUT2D eigenvalue weighted by molar-refractivity contribution is -0.136. The van der Waals surface area contributed by atoms with Gasteiger partial charge in [-0.25, -0.2) is 9.97 Å². The van der Waals surface area contributed by atoms with Crippen molar-refractivity contribution in [3.05, 3.63) is 42.1 Å². The van der Waals surface area contributed by atoms with Crippen LogP contribution in [0.15, 0.2) is 30.9 Å². The van der Waals surface area contributed by atoms with Gasteiger partial charge in [0.2, 0.25) is 0 Å². The summed E-state index contributed by atoms with van der Waals surface area (Å²) < 4.78 is 1.71. The number of aryl methyl sites for hydroxylation is 1. The Labute approximate surface area is 92.4 Å². The standard InChI is InChI=1S/C11H11N3O2/c1-8-2-3-12-10(4-8)14-6-9(13-7-14)5-11(15)16/h2-4,6-7H,5H2,1H3,(H,15,16). The number of imidazole rings is 1. The Hall–Kier alpha value is -2.17. The van der Waals surface area contributed by atoms with E-state index < -0.39 is 5.97 Å². The third-order valence-electron chi connectivity index (χ3n) is 2.13. The largest absolute Gasteiger partial charge is 0.481 e. The summed E-state index contributed by atoms with van der Waals surface area (Å²) in [4.78, 5) is 18.7. The van der Waals surface area contributed by atoms with Crippen LogP contribution in [0.3, 0.4) is 0 Å². The molecule has 0 aliphatic carbocycles. The van der Waals surface area contributed by atoms with Gasteiger partial charge in [0.15, 0.2) is 0 Å². The van der Waals surface area contributed by atoms with Gasteiger partial charge in [-0.3, -0.25) is 9.36 Å². The summed E-state index contributed by atoms with van der Waals surface area (Å²) in [5.74, 6) is -0.147. The minimum atomic E-state index is -0.887. The first-order chi connectivity index (χ1) is 7.65. The van der Waals surface area contributed by atoms with E-state index in [2.05, 4.69) is 9.97 Å². The number of carboxylic acids is 1. The topological polar surface area (TPSA) is 68.0 Å². The van der Waals surface area contributed by atoms with Gasteiger partial charge in [0, 0.05) is 12.4 Å². The fourth-order valence-electron chi connectivity index (χ4n) is 1.40. The SMILES string of the molecule is Cc1ccnc(-n2cnc(CC(=O)O)c2)c1. The third kappa shape index (κ3) is 2.25. The molecule has 0 saturated heterocycles. The van der Waals surface area contributed by atoms with Gasteiger partial charge >= 0.3 is 5.97 Å². The highest BCUT2D eigenvalue weighted by Crippen LogP contribution is 2.07. The summed E-state index contributed by atoms with van der Waals surface area (Å²) in [6.45, 7) is 1.97. The molecule has 82 valence electrons. The lowest BCUT2D eigenvalue weighted by Crippen LogP contribution is -2.00. The highest BCUT2D eigenvalue weighted by molar-refractivity contribution is 5.69. The van der Waals surface area contributed by atoms with E-state index in [1.54, 1.807) is 23.3 Å². The highest BCUT2D eigenvalue weighted by atomic mass is 16.4. The Kier molecular flexibility index (Phi) is 2.68. The maximum Gasteiger partial charge on any atom is 0.309 e. The first-order valence-electron chi connectivity index (χ1n) is 4.83. The van der Waals surface area contributed by atoms with Crippen LogP contribution in [0.2, 0.25) is 0 Å². The highest BCUT2D eigenvalue weighted by Gasteiger charge is 2.05. The van der Waals surface area contributed by atoms with Crippen LogP contribution < -0.4 is 0 Å². The van der Waals surface area contributed by atoms with Crippen LogP contribution in [0.25, 0.3) is 5.82 Å². The van der Waals surface area contributed by atoms with E-state index in [9.17, 15) is 4.79 Å². The minimum absolute atomic E-state index is 0.0706. The van der Waals surface area contributed by atoms with Crippen LogP contribution in [-0.4, -0.2) is 25.6 Å². The minimum Gasteiger partial charge on any atom is -0.481 e. The summed E-state index contributed by atoms with van der Waals surface area (Å²) in [6, 6.07) is 3.81. The van der Waals surface area contributed by atoms with Gasteiger partial charge in [-0.05, 0) is 24.6 Å². The van der Waals surface area contributed by atoms with E-state index in [0.717, 1.165) is 11.4 Å². The normalized spacial score (nSPS) is 10.3. The Morgan fingerprint density at radius 1 is 1.50 bits per heavy atom. The zero-order valence-electron chi connectivity index (χ0n) is 8.79. The van der Waals surface area contributed by atoms with Gasteiger partial charge in [0.25, 0.3) is 0 Å². The van der Waals surface area contributed by atoms with E-state index in [0.29, 0.717) is 5.69 Å². The Morgan fingerprint density at radius 3 is 3.00 bits per heavy atom. The predicted octanol–water partition coefficient (Wildman–Crippen LogP) is 1.20. The van der Waals surface area contributed by atoms with Gasteiger partial charge in [-0.15, -0.1) is 0 Å². The second-order valence-corrected chi connectivity index (χ2v) is 3.53. The van der Waals surface area contributed by atoms with Crippen molar-refractivity contribution in [3.63, 3.8) is 0 Å². The summed E-state index contributed by atoms with van der Waals surface area (Å²) >= 11 is 0. The average Bonchev–Trinajstić information content (AvgIpc) is 2.65. The quantitative estimate of drug-likeness (QED) is 0.838. The molecule has 0 unspecified atom stereocenters. The lowest BCUT2D eigenvalue weighted by Gasteiger charge is -2.00. The van der Waals surface area contributed by atoms with Crippen molar-refractivity contribution in [2.45, 2.75) is 13.3 Å². The molecule has 16 heavy (non-hydrogen) atoms. The summed E-state index contributed by atoms with van der Waals surface area (Å²) in [5, 5.41) is 8.63. The zero-order chi connectivity index (χ0) is 11.5. The van der Waals surface area contributed by atoms with Crippen molar-refractivity contribution in [2.24, 2.45) is 0 Å². The van der Waals surface area contributed by atoms with Crippen molar-refractivity contribution < 1.29 is 9.90 Å². The van der Waals surface area contributed by atoms with E-state index in [4.69, 9.17) is 5.11 Å². The molecule has 2 heterocycles. The van der Waals surface area contributed by atoms with E-state index in [1.807, 2.05) is 19.1 Å². The maximum absolute atomic E-state index is 10.5. The molecule has 0 fully saturated rings. The van der Waals surface area contributed by atoms with Crippen LogP contribution in [0.1, 0.15) is 11.3 Å². The van der Waals surface area contributed by atoms with Gasteiger partial charge in [-0.2, -0.15) is 0 Å². The average molecular weight is 217 g/mol. The molecular weight excluding hydrogens is 206 g/mol. The van der Waals surface area contributed by atoms with Crippen LogP contribution in [0.5, 0.6) is 0 Å². The maximum atomic E-state index is 10.5. The molecule has 1 N–H and O–H groups in total. The molecule has 2 aromatic heterocycles. The van der Waals surface area contributed by atoms with E-state index in [-0.39, 0.29) is 6.42 Å². The third-order valence-corrected chi connectivity index (χ3v) is 2.13. The molecule has 2 rings (SSSR count). The van der Waals surface area contributed by atoms with Crippen molar-refractivity contribution in [2.75, 3.05) is 0 Å². The summed E-state index contributed by atoms with van der Waals surface area (Å²) in [5.41, 5.74) is 1.62. The molecule has 5 heteroatoms. The van der Waals surface area contributed by atoms with Crippen LogP contribution in [0, 0.1) is 6.92 Å². The van der Waals surface area contributed by atoms with Crippen molar-refractivity contribution in [1.29, 1.82) is 0 Å². The molecule has 0 radical (unpaired) electrons. The molecule has 0 aliphatic rings. The first-order valence-corrected chi connectivity index (χ1v) is 4.83. The number of carbonyl (C=O) groups is 1. The smallest absolute Gasteiger partial charge is 0.309 e. The lowest BCUT2D eigenvalue weighted by atomic mass is 10.3. The number of hydrogen-bond donors (Lipinski definition) is 1.